The maximum atomic E-state index is 11.3. The first-order valence-corrected chi connectivity index (χ1v) is 4.36. The van der Waals surface area contributed by atoms with E-state index in [1.54, 1.807) is 0 Å². The third kappa shape index (κ3) is 1.68. The summed E-state index contributed by atoms with van der Waals surface area (Å²) in [5.74, 6) is 0.480. The van der Waals surface area contributed by atoms with Gasteiger partial charge >= 0.3 is 5.97 Å². The molecule has 1 aliphatic carbocycles. The van der Waals surface area contributed by atoms with E-state index in [1.807, 2.05) is 13.0 Å². The predicted octanol–water partition coefficient (Wildman–Crippen LogP) is 2.15. The van der Waals surface area contributed by atoms with Crippen LogP contribution in [0.3, 0.4) is 0 Å². The highest BCUT2D eigenvalue weighted by Crippen LogP contribution is 2.33. The Balaban J connectivity index is 2.73. The average molecular weight is 168 g/mol. The minimum Gasteiger partial charge on any atom is -0.468 e. The number of allylic oxidation sites excluding steroid dienone is 1. The normalized spacial score (nSPS) is 34.8. The highest BCUT2D eigenvalue weighted by atomic mass is 16.5. The number of hydrogen-bond acceptors (Lipinski definition) is 2. The van der Waals surface area contributed by atoms with Crippen LogP contribution in [-0.2, 0) is 9.53 Å². The van der Waals surface area contributed by atoms with Crippen LogP contribution < -0.4 is 0 Å². The van der Waals surface area contributed by atoms with E-state index >= 15 is 0 Å². The molecule has 2 unspecified atom stereocenters. The maximum absolute atomic E-state index is 11.3. The summed E-state index contributed by atoms with van der Waals surface area (Å²) in [7, 11) is 1.44. The lowest BCUT2D eigenvalue weighted by Crippen LogP contribution is -2.29. The van der Waals surface area contributed by atoms with Crippen molar-refractivity contribution in [1.82, 2.24) is 0 Å². The number of esters is 1. The fourth-order valence-electron chi connectivity index (χ4n) is 1.49. The van der Waals surface area contributed by atoms with Crippen molar-refractivity contribution in [3.8, 4) is 0 Å². The predicted molar refractivity (Wildman–Crippen MR) is 47.7 cm³/mol. The fraction of sp³-hybridized carbons (Fsp3) is 0.700. The second-order valence-electron chi connectivity index (χ2n) is 3.78. The molecule has 68 valence electrons. The Kier molecular flexibility index (Phi) is 2.55. The Bertz CT molecular complexity index is 208. The number of carbonyl (C=O) groups is 1. The molecule has 0 aliphatic heterocycles. The number of ether oxygens (including phenoxy) is 1. The van der Waals surface area contributed by atoms with Gasteiger partial charge in [0.15, 0.2) is 0 Å². The molecular weight excluding hydrogens is 152 g/mol. The van der Waals surface area contributed by atoms with E-state index in [0.29, 0.717) is 5.92 Å². The summed E-state index contributed by atoms with van der Waals surface area (Å²) >= 11 is 0. The molecular formula is C10H16O2. The zero-order valence-electron chi connectivity index (χ0n) is 7.96. The summed E-state index contributed by atoms with van der Waals surface area (Å²) in [4.78, 5) is 11.3. The van der Waals surface area contributed by atoms with Gasteiger partial charge in [0, 0.05) is 0 Å². The highest BCUT2D eigenvalue weighted by molar-refractivity contribution is 5.78. The first-order chi connectivity index (χ1) is 5.58. The monoisotopic (exact) mass is 168 g/mol. The first-order valence-electron chi connectivity index (χ1n) is 4.36. The van der Waals surface area contributed by atoms with Crippen molar-refractivity contribution in [1.29, 1.82) is 0 Å². The fourth-order valence-corrected chi connectivity index (χ4v) is 1.49. The molecule has 0 aromatic rings. The second kappa shape index (κ2) is 3.30. The molecule has 1 aliphatic rings. The van der Waals surface area contributed by atoms with Crippen LogP contribution in [0, 0.1) is 11.3 Å². The molecule has 0 amide bonds. The smallest absolute Gasteiger partial charge is 0.315 e. The largest absolute Gasteiger partial charge is 0.468 e. The van der Waals surface area contributed by atoms with Crippen LogP contribution in [0.4, 0.5) is 0 Å². The van der Waals surface area contributed by atoms with Gasteiger partial charge in [-0.1, -0.05) is 19.1 Å². The molecule has 2 nitrogen and oxygen atoms in total. The molecule has 2 heteroatoms. The molecule has 1 rings (SSSR count). The van der Waals surface area contributed by atoms with Gasteiger partial charge < -0.3 is 4.74 Å². The van der Waals surface area contributed by atoms with Gasteiger partial charge in [-0.15, -0.1) is 0 Å². The minimum absolute atomic E-state index is 0.120. The Morgan fingerprint density at radius 3 is 2.75 bits per heavy atom. The van der Waals surface area contributed by atoms with E-state index in [0.717, 1.165) is 12.8 Å². The van der Waals surface area contributed by atoms with E-state index < -0.39 is 0 Å². The molecule has 0 radical (unpaired) electrons. The van der Waals surface area contributed by atoms with Crippen LogP contribution in [0.5, 0.6) is 0 Å². The quantitative estimate of drug-likeness (QED) is 0.443. The van der Waals surface area contributed by atoms with Crippen LogP contribution >= 0.6 is 0 Å². The van der Waals surface area contributed by atoms with Crippen molar-refractivity contribution in [3.05, 3.63) is 12.2 Å². The Morgan fingerprint density at radius 2 is 2.33 bits per heavy atom. The molecule has 0 bridgehead atoms. The molecule has 0 heterocycles. The SMILES string of the molecule is COC(=O)C1(C)C=CC(C)CC1. The minimum atomic E-state index is -0.374. The maximum Gasteiger partial charge on any atom is 0.315 e. The zero-order valence-corrected chi connectivity index (χ0v) is 7.96. The molecule has 0 N–H and O–H groups in total. The first kappa shape index (κ1) is 9.30. The lowest BCUT2D eigenvalue weighted by molar-refractivity contribution is -0.149. The molecule has 0 aromatic carbocycles. The highest BCUT2D eigenvalue weighted by Gasteiger charge is 2.33. The van der Waals surface area contributed by atoms with E-state index in [1.165, 1.54) is 7.11 Å². The summed E-state index contributed by atoms with van der Waals surface area (Å²) in [6.07, 6.45) is 6.05. The van der Waals surface area contributed by atoms with E-state index in [-0.39, 0.29) is 11.4 Å². The summed E-state index contributed by atoms with van der Waals surface area (Å²) in [6, 6.07) is 0. The van der Waals surface area contributed by atoms with Gasteiger partial charge in [-0.3, -0.25) is 4.79 Å². The van der Waals surface area contributed by atoms with Gasteiger partial charge in [0.1, 0.15) is 0 Å². The van der Waals surface area contributed by atoms with Gasteiger partial charge in [-0.2, -0.15) is 0 Å². The van der Waals surface area contributed by atoms with E-state index in [2.05, 4.69) is 13.0 Å². The van der Waals surface area contributed by atoms with Gasteiger partial charge in [0.05, 0.1) is 12.5 Å². The molecule has 0 fully saturated rings. The standard InChI is InChI=1S/C10H16O2/c1-8-4-6-10(2,7-5-8)9(11)12-3/h4,6,8H,5,7H2,1-3H3. The Morgan fingerprint density at radius 1 is 1.67 bits per heavy atom. The summed E-state index contributed by atoms with van der Waals surface area (Å²) < 4.78 is 4.74. The van der Waals surface area contributed by atoms with Gasteiger partial charge in [-0.25, -0.2) is 0 Å². The zero-order chi connectivity index (χ0) is 9.19. The molecule has 0 spiro atoms. The molecule has 2 atom stereocenters. The van der Waals surface area contributed by atoms with E-state index in [9.17, 15) is 4.79 Å². The van der Waals surface area contributed by atoms with Crippen molar-refractivity contribution in [2.24, 2.45) is 11.3 Å². The van der Waals surface area contributed by atoms with Crippen molar-refractivity contribution < 1.29 is 9.53 Å². The third-order valence-corrected chi connectivity index (χ3v) is 2.56. The van der Waals surface area contributed by atoms with Crippen molar-refractivity contribution >= 4 is 5.97 Å². The second-order valence-corrected chi connectivity index (χ2v) is 3.78. The topological polar surface area (TPSA) is 26.3 Å². The van der Waals surface area contributed by atoms with Crippen LogP contribution in [0.15, 0.2) is 12.2 Å². The Labute approximate surface area is 73.6 Å². The molecule has 0 saturated heterocycles. The molecule has 0 aromatic heterocycles. The van der Waals surface area contributed by atoms with Crippen LogP contribution in [-0.4, -0.2) is 13.1 Å². The number of hydrogen-bond donors (Lipinski definition) is 0. The number of methoxy groups -OCH3 is 1. The van der Waals surface area contributed by atoms with Gasteiger partial charge in [-0.05, 0) is 25.7 Å². The third-order valence-electron chi connectivity index (χ3n) is 2.56. The Hall–Kier alpha value is -0.790. The summed E-state index contributed by atoms with van der Waals surface area (Å²) in [6.45, 7) is 4.09. The van der Waals surface area contributed by atoms with Crippen LogP contribution in [0.2, 0.25) is 0 Å². The van der Waals surface area contributed by atoms with Crippen molar-refractivity contribution in [2.45, 2.75) is 26.7 Å². The number of rotatable bonds is 1. The van der Waals surface area contributed by atoms with Gasteiger partial charge in [0.2, 0.25) is 0 Å². The molecule has 12 heavy (non-hydrogen) atoms. The summed E-state index contributed by atoms with van der Waals surface area (Å²) in [5.41, 5.74) is -0.374. The summed E-state index contributed by atoms with van der Waals surface area (Å²) in [5, 5.41) is 0. The van der Waals surface area contributed by atoms with Crippen LogP contribution in [0.25, 0.3) is 0 Å². The van der Waals surface area contributed by atoms with Crippen molar-refractivity contribution in [2.75, 3.05) is 7.11 Å². The van der Waals surface area contributed by atoms with Crippen LogP contribution in [0.1, 0.15) is 26.7 Å². The van der Waals surface area contributed by atoms with E-state index in [4.69, 9.17) is 4.74 Å². The average Bonchev–Trinajstić information content (AvgIpc) is 2.09. The van der Waals surface area contributed by atoms with Gasteiger partial charge in [0.25, 0.3) is 0 Å². The lowest BCUT2D eigenvalue weighted by atomic mass is 9.78. The number of carbonyl (C=O) groups excluding carboxylic acids is 1. The molecule has 0 saturated carbocycles. The van der Waals surface area contributed by atoms with Crippen molar-refractivity contribution in [3.63, 3.8) is 0 Å². The lowest BCUT2D eigenvalue weighted by Gasteiger charge is -2.28.